The Labute approximate surface area is 202 Å². The molecule has 2 aliphatic heterocycles. The molecule has 4 rings (SSSR count). The minimum atomic E-state index is -4.12. The summed E-state index contributed by atoms with van der Waals surface area (Å²) in [5, 5.41) is 8.81. The molecule has 2 aromatic rings. The SMILES string of the molecule is COc1cc(Nc2ccc(N3CCC(C(F)(F)F)CC3)cc2)ccc1CNC(=O)C1CNC(=O)C1. The van der Waals surface area contributed by atoms with Gasteiger partial charge in [-0.1, -0.05) is 6.07 Å². The minimum Gasteiger partial charge on any atom is -0.496 e. The number of halogens is 3. The summed E-state index contributed by atoms with van der Waals surface area (Å²) in [6, 6.07) is 13.2. The molecule has 0 radical (unpaired) electrons. The topological polar surface area (TPSA) is 82.7 Å². The Kier molecular flexibility index (Phi) is 7.37. The van der Waals surface area contributed by atoms with Crippen LogP contribution in [0, 0.1) is 11.8 Å². The van der Waals surface area contributed by atoms with Gasteiger partial charge in [0.05, 0.1) is 18.9 Å². The molecule has 1 unspecified atom stereocenters. The van der Waals surface area contributed by atoms with Crippen LogP contribution in [0.1, 0.15) is 24.8 Å². The van der Waals surface area contributed by atoms with Crippen molar-refractivity contribution in [2.75, 3.05) is 37.0 Å². The summed E-state index contributed by atoms with van der Waals surface area (Å²) in [5.41, 5.74) is 3.34. The van der Waals surface area contributed by atoms with Gasteiger partial charge in [0.25, 0.3) is 0 Å². The number of alkyl halides is 3. The number of benzene rings is 2. The second-order valence-corrected chi connectivity index (χ2v) is 8.92. The van der Waals surface area contributed by atoms with Gasteiger partial charge in [0.2, 0.25) is 11.8 Å². The van der Waals surface area contributed by atoms with E-state index in [1.165, 1.54) is 0 Å². The largest absolute Gasteiger partial charge is 0.496 e. The van der Waals surface area contributed by atoms with E-state index in [2.05, 4.69) is 16.0 Å². The zero-order chi connectivity index (χ0) is 25.0. The van der Waals surface area contributed by atoms with E-state index >= 15 is 0 Å². The summed E-state index contributed by atoms with van der Waals surface area (Å²) in [6.45, 7) is 1.42. The molecule has 1 atom stereocenters. The predicted molar refractivity (Wildman–Crippen MR) is 127 cm³/mol. The first-order valence-electron chi connectivity index (χ1n) is 11.6. The van der Waals surface area contributed by atoms with Gasteiger partial charge in [0.1, 0.15) is 5.75 Å². The van der Waals surface area contributed by atoms with Crippen LogP contribution in [0.25, 0.3) is 0 Å². The normalized spacial score (nSPS) is 18.8. The molecule has 10 heteroatoms. The van der Waals surface area contributed by atoms with Crippen molar-refractivity contribution in [1.82, 2.24) is 10.6 Å². The number of piperidine rings is 1. The zero-order valence-corrected chi connectivity index (χ0v) is 19.5. The lowest BCUT2D eigenvalue weighted by Crippen LogP contribution is -2.38. The Morgan fingerprint density at radius 1 is 1.11 bits per heavy atom. The van der Waals surface area contributed by atoms with Crippen LogP contribution in [0.3, 0.4) is 0 Å². The van der Waals surface area contributed by atoms with E-state index in [4.69, 9.17) is 4.74 Å². The van der Waals surface area contributed by atoms with Crippen LogP contribution in [-0.2, 0) is 16.1 Å². The molecule has 0 spiro atoms. The number of hydrogen-bond acceptors (Lipinski definition) is 5. The Balaban J connectivity index is 1.32. The van der Waals surface area contributed by atoms with Crippen LogP contribution in [0.15, 0.2) is 42.5 Å². The van der Waals surface area contributed by atoms with Crippen LogP contribution in [0.2, 0.25) is 0 Å². The van der Waals surface area contributed by atoms with E-state index in [0.717, 1.165) is 22.6 Å². The smallest absolute Gasteiger partial charge is 0.391 e. The summed E-state index contributed by atoms with van der Waals surface area (Å²) < 4.78 is 44.2. The molecule has 2 fully saturated rings. The van der Waals surface area contributed by atoms with Gasteiger partial charge in [0.15, 0.2) is 0 Å². The van der Waals surface area contributed by atoms with E-state index in [-0.39, 0.29) is 43.5 Å². The third kappa shape index (κ3) is 6.17. The third-order valence-corrected chi connectivity index (χ3v) is 6.57. The van der Waals surface area contributed by atoms with Gasteiger partial charge in [-0.3, -0.25) is 9.59 Å². The van der Waals surface area contributed by atoms with Gasteiger partial charge in [-0.2, -0.15) is 13.2 Å². The second kappa shape index (κ2) is 10.5. The number of ether oxygens (including phenoxy) is 1. The van der Waals surface area contributed by atoms with Crippen molar-refractivity contribution in [3.05, 3.63) is 48.0 Å². The van der Waals surface area contributed by atoms with Gasteiger partial charge in [-0.25, -0.2) is 0 Å². The molecular formula is C25H29F3N4O3. The fourth-order valence-electron chi connectivity index (χ4n) is 4.47. The van der Waals surface area contributed by atoms with Crippen molar-refractivity contribution >= 4 is 28.9 Å². The first kappa shape index (κ1) is 24.7. The highest BCUT2D eigenvalue weighted by Gasteiger charge is 2.41. The fraction of sp³-hybridized carbons (Fsp3) is 0.440. The van der Waals surface area contributed by atoms with Crippen LogP contribution in [-0.4, -0.2) is 44.7 Å². The quantitative estimate of drug-likeness (QED) is 0.547. The van der Waals surface area contributed by atoms with E-state index in [9.17, 15) is 22.8 Å². The number of rotatable bonds is 7. The van der Waals surface area contributed by atoms with Crippen molar-refractivity contribution in [3.63, 3.8) is 0 Å². The summed E-state index contributed by atoms with van der Waals surface area (Å²) in [5.74, 6) is -1.24. The van der Waals surface area contributed by atoms with Crippen LogP contribution < -0.4 is 25.6 Å². The summed E-state index contributed by atoms with van der Waals surface area (Å²) in [7, 11) is 1.56. The van der Waals surface area contributed by atoms with Gasteiger partial charge in [0, 0.05) is 61.3 Å². The van der Waals surface area contributed by atoms with Crippen molar-refractivity contribution in [2.45, 2.75) is 32.0 Å². The molecule has 2 aromatic carbocycles. The van der Waals surface area contributed by atoms with Crippen molar-refractivity contribution < 1.29 is 27.5 Å². The summed E-state index contributed by atoms with van der Waals surface area (Å²) >= 11 is 0. The lowest BCUT2D eigenvalue weighted by atomic mass is 9.96. The Morgan fingerprint density at radius 2 is 1.80 bits per heavy atom. The summed E-state index contributed by atoms with van der Waals surface area (Å²) in [6.07, 6.45) is -3.68. The van der Waals surface area contributed by atoms with Crippen LogP contribution >= 0.6 is 0 Å². The third-order valence-electron chi connectivity index (χ3n) is 6.57. The first-order valence-corrected chi connectivity index (χ1v) is 11.6. The number of nitrogens with one attached hydrogen (secondary N) is 3. The molecule has 188 valence electrons. The van der Waals surface area contributed by atoms with Gasteiger partial charge < -0.3 is 25.6 Å². The molecule has 3 N–H and O–H groups in total. The monoisotopic (exact) mass is 490 g/mol. The maximum Gasteiger partial charge on any atom is 0.391 e. The van der Waals surface area contributed by atoms with E-state index < -0.39 is 12.1 Å². The Morgan fingerprint density at radius 3 is 2.40 bits per heavy atom. The van der Waals surface area contributed by atoms with Crippen LogP contribution in [0.5, 0.6) is 5.75 Å². The molecule has 35 heavy (non-hydrogen) atoms. The second-order valence-electron chi connectivity index (χ2n) is 8.92. The molecule has 0 bridgehead atoms. The van der Waals surface area contributed by atoms with Crippen LogP contribution in [0.4, 0.5) is 30.2 Å². The molecule has 2 amide bonds. The molecule has 0 aliphatic carbocycles. The number of anilines is 3. The van der Waals surface area contributed by atoms with E-state index in [1.54, 1.807) is 7.11 Å². The predicted octanol–water partition coefficient (Wildman–Crippen LogP) is 3.97. The molecule has 7 nitrogen and oxygen atoms in total. The highest BCUT2D eigenvalue weighted by molar-refractivity contribution is 5.89. The standard InChI is InChI=1S/C25H29F3N4O3/c1-35-22-13-20(3-2-16(22)14-30-24(34)17-12-23(33)29-15-17)31-19-4-6-21(7-5-19)32-10-8-18(9-11-32)25(26,27)28/h2-7,13,17-18,31H,8-12,14-15H2,1H3,(H,29,33)(H,30,34). The molecule has 2 aliphatic rings. The van der Waals surface area contributed by atoms with Crippen molar-refractivity contribution in [2.24, 2.45) is 11.8 Å². The highest BCUT2D eigenvalue weighted by Crippen LogP contribution is 2.35. The Bertz CT molecular complexity index is 1050. The highest BCUT2D eigenvalue weighted by atomic mass is 19.4. The molecule has 2 heterocycles. The number of nitrogens with zero attached hydrogens (tertiary/aromatic N) is 1. The van der Waals surface area contributed by atoms with Gasteiger partial charge in [-0.15, -0.1) is 0 Å². The molecule has 2 saturated heterocycles. The van der Waals surface area contributed by atoms with Crippen molar-refractivity contribution in [3.8, 4) is 5.75 Å². The molecule has 0 aromatic heterocycles. The number of amides is 2. The van der Waals surface area contributed by atoms with Gasteiger partial charge >= 0.3 is 6.18 Å². The summed E-state index contributed by atoms with van der Waals surface area (Å²) in [4.78, 5) is 25.6. The molecular weight excluding hydrogens is 461 g/mol. The number of carbonyl (C=O) groups is 2. The van der Waals surface area contributed by atoms with Crippen molar-refractivity contribution in [1.29, 1.82) is 0 Å². The fourth-order valence-corrected chi connectivity index (χ4v) is 4.47. The number of carbonyl (C=O) groups excluding carboxylic acids is 2. The molecule has 0 saturated carbocycles. The maximum absolute atomic E-state index is 12.9. The zero-order valence-electron chi connectivity index (χ0n) is 19.5. The van der Waals surface area contributed by atoms with E-state index in [1.807, 2.05) is 47.4 Å². The maximum atomic E-state index is 12.9. The average Bonchev–Trinajstić information content (AvgIpc) is 3.29. The van der Waals surface area contributed by atoms with E-state index in [0.29, 0.717) is 25.4 Å². The average molecular weight is 491 g/mol. The Hall–Kier alpha value is -3.43. The first-order chi connectivity index (χ1) is 16.7. The lowest BCUT2D eigenvalue weighted by molar-refractivity contribution is -0.179. The number of methoxy groups -OCH3 is 1. The van der Waals surface area contributed by atoms with Gasteiger partial charge in [-0.05, 0) is 43.2 Å². The number of hydrogen-bond donors (Lipinski definition) is 3. The minimum absolute atomic E-state index is 0.114. The lowest BCUT2D eigenvalue weighted by Gasteiger charge is -2.34.